The highest BCUT2D eigenvalue weighted by Gasteiger charge is 2.15. The van der Waals surface area contributed by atoms with Crippen LogP contribution in [0.3, 0.4) is 0 Å². The molecular weight excluding hydrogens is 478 g/mol. The summed E-state index contributed by atoms with van der Waals surface area (Å²) in [6.45, 7) is 6.53. The Kier molecular flexibility index (Phi) is 7.39. The normalized spacial score (nSPS) is 16.1. The number of fused-ring (bicyclic) bond motifs is 1. The SMILES string of the molecule is CN1CCN(CCn2cc(Nc3ncc4ccc(-c5ccccc5CN(C)S(=O)O)n4n3)cn2)CC1. The summed E-state index contributed by atoms with van der Waals surface area (Å²) in [7, 11) is 3.77. The zero-order valence-electron chi connectivity index (χ0n) is 20.5. The van der Waals surface area contributed by atoms with Gasteiger partial charge in [-0.15, -0.1) is 5.10 Å². The molecule has 1 saturated heterocycles. The topological polar surface area (TPSA) is 107 Å². The van der Waals surface area contributed by atoms with Crippen LogP contribution in [0.2, 0.25) is 0 Å². The van der Waals surface area contributed by atoms with Gasteiger partial charge < -0.3 is 10.2 Å². The van der Waals surface area contributed by atoms with Gasteiger partial charge in [0, 0.05) is 58.1 Å². The van der Waals surface area contributed by atoms with E-state index in [0.29, 0.717) is 12.5 Å². The smallest absolute Gasteiger partial charge is 0.245 e. The van der Waals surface area contributed by atoms with E-state index in [1.165, 1.54) is 4.31 Å². The number of aromatic nitrogens is 5. The predicted molar refractivity (Wildman–Crippen MR) is 140 cm³/mol. The number of nitrogens with one attached hydrogen (secondary N) is 1. The van der Waals surface area contributed by atoms with Crippen molar-refractivity contribution >= 4 is 28.4 Å². The first-order valence-corrected chi connectivity index (χ1v) is 13.0. The summed E-state index contributed by atoms with van der Waals surface area (Å²) in [6.07, 6.45) is 5.53. The largest absolute Gasteiger partial charge is 0.320 e. The van der Waals surface area contributed by atoms with Gasteiger partial charge in [0.15, 0.2) is 0 Å². The maximum Gasteiger partial charge on any atom is 0.245 e. The number of nitrogens with zero attached hydrogens (tertiary/aromatic N) is 8. The number of piperazine rings is 1. The Morgan fingerprint density at radius 2 is 1.89 bits per heavy atom. The number of rotatable bonds is 9. The third-order valence-electron chi connectivity index (χ3n) is 6.48. The molecule has 0 saturated carbocycles. The van der Waals surface area contributed by atoms with Crippen molar-refractivity contribution in [2.45, 2.75) is 13.1 Å². The Morgan fingerprint density at radius 1 is 1.08 bits per heavy atom. The van der Waals surface area contributed by atoms with Crippen molar-refractivity contribution in [3.63, 3.8) is 0 Å². The summed E-state index contributed by atoms with van der Waals surface area (Å²) in [5, 5.41) is 12.5. The molecule has 190 valence electrons. The highest BCUT2D eigenvalue weighted by molar-refractivity contribution is 7.76. The molecule has 2 N–H and O–H groups in total. The Balaban J connectivity index is 1.31. The Bertz CT molecular complexity index is 1350. The molecule has 1 aromatic carbocycles. The van der Waals surface area contributed by atoms with Crippen molar-refractivity contribution < 1.29 is 8.76 Å². The van der Waals surface area contributed by atoms with Crippen molar-refractivity contribution in [2.24, 2.45) is 0 Å². The van der Waals surface area contributed by atoms with E-state index in [2.05, 4.69) is 32.2 Å². The molecule has 12 heteroatoms. The van der Waals surface area contributed by atoms with Gasteiger partial charge in [0.1, 0.15) is 0 Å². The fourth-order valence-electron chi connectivity index (χ4n) is 4.36. The number of likely N-dealkylation sites (N-methyl/N-ethyl adjacent to an activating group) is 1. The van der Waals surface area contributed by atoms with Gasteiger partial charge in [0.05, 0.1) is 35.8 Å². The monoisotopic (exact) mass is 509 g/mol. The van der Waals surface area contributed by atoms with Crippen LogP contribution in [-0.2, 0) is 24.4 Å². The zero-order valence-corrected chi connectivity index (χ0v) is 21.3. The molecular formula is C24H31N9O2S. The molecule has 1 aliphatic heterocycles. The van der Waals surface area contributed by atoms with E-state index < -0.39 is 11.3 Å². The quantitative estimate of drug-likeness (QED) is 0.331. The lowest BCUT2D eigenvalue weighted by Gasteiger charge is -2.32. The first-order chi connectivity index (χ1) is 17.5. The summed E-state index contributed by atoms with van der Waals surface area (Å²) in [5.74, 6) is 0.463. The van der Waals surface area contributed by atoms with Crippen molar-refractivity contribution in [3.05, 3.63) is 60.6 Å². The van der Waals surface area contributed by atoms with Crippen LogP contribution in [0.1, 0.15) is 5.56 Å². The third-order valence-corrected chi connectivity index (χ3v) is 7.14. The van der Waals surface area contributed by atoms with Gasteiger partial charge in [-0.05, 0) is 24.7 Å². The van der Waals surface area contributed by atoms with Crippen LogP contribution in [0, 0.1) is 0 Å². The minimum Gasteiger partial charge on any atom is -0.320 e. The standard InChI is InChI=1S/C24H31N9O2S/c1-29-9-11-31(12-10-29)13-14-32-18-20(15-26-32)27-24-25-16-21-7-8-23(33(21)28-24)22-6-4-3-5-19(22)17-30(2)36(34)35/h3-8,15-16,18H,9-14,17H2,1-2H3,(H,27,28)(H,34,35). The molecule has 1 aliphatic rings. The summed E-state index contributed by atoms with van der Waals surface area (Å²) in [5.41, 5.74) is 4.43. The molecule has 1 unspecified atom stereocenters. The Labute approximate surface area is 212 Å². The van der Waals surface area contributed by atoms with Crippen molar-refractivity contribution in [1.82, 2.24) is 38.5 Å². The van der Waals surface area contributed by atoms with E-state index in [9.17, 15) is 8.76 Å². The number of hydrogen-bond donors (Lipinski definition) is 2. The lowest BCUT2D eigenvalue weighted by atomic mass is 10.0. The van der Waals surface area contributed by atoms with Crippen LogP contribution in [-0.4, -0.2) is 94.1 Å². The van der Waals surface area contributed by atoms with E-state index in [4.69, 9.17) is 5.10 Å². The highest BCUT2D eigenvalue weighted by Crippen LogP contribution is 2.27. The van der Waals surface area contributed by atoms with E-state index in [1.54, 1.807) is 19.4 Å². The summed E-state index contributed by atoms with van der Waals surface area (Å²) >= 11 is -2.04. The first-order valence-electron chi connectivity index (χ1n) is 11.9. The van der Waals surface area contributed by atoms with Crippen molar-refractivity contribution in [1.29, 1.82) is 0 Å². The Morgan fingerprint density at radius 3 is 2.69 bits per heavy atom. The molecule has 3 aromatic heterocycles. The van der Waals surface area contributed by atoms with E-state index >= 15 is 0 Å². The number of anilines is 2. The van der Waals surface area contributed by atoms with E-state index in [1.807, 2.05) is 51.8 Å². The number of hydrogen-bond acceptors (Lipinski definition) is 7. The summed E-state index contributed by atoms with van der Waals surface area (Å²) in [4.78, 5) is 9.28. The van der Waals surface area contributed by atoms with Crippen LogP contribution in [0.4, 0.5) is 11.6 Å². The summed E-state index contributed by atoms with van der Waals surface area (Å²) in [6, 6.07) is 11.8. The molecule has 0 aliphatic carbocycles. The zero-order chi connectivity index (χ0) is 25.1. The molecule has 0 amide bonds. The van der Waals surface area contributed by atoms with Crippen LogP contribution >= 0.6 is 0 Å². The van der Waals surface area contributed by atoms with Crippen molar-refractivity contribution in [3.8, 4) is 11.3 Å². The van der Waals surface area contributed by atoms with Gasteiger partial charge in [-0.3, -0.25) is 14.1 Å². The third kappa shape index (κ3) is 5.63. The van der Waals surface area contributed by atoms with Crippen LogP contribution < -0.4 is 5.32 Å². The molecule has 1 atom stereocenters. The molecule has 4 aromatic rings. The molecule has 1 fully saturated rings. The van der Waals surface area contributed by atoms with Gasteiger partial charge in [-0.1, -0.05) is 24.3 Å². The van der Waals surface area contributed by atoms with E-state index in [-0.39, 0.29) is 0 Å². The van der Waals surface area contributed by atoms with Gasteiger partial charge in [-0.2, -0.15) is 9.40 Å². The molecule has 0 bridgehead atoms. The molecule has 0 radical (unpaired) electrons. The second kappa shape index (κ2) is 10.8. The van der Waals surface area contributed by atoms with Crippen molar-refractivity contribution in [2.75, 3.05) is 52.1 Å². The highest BCUT2D eigenvalue weighted by atomic mass is 32.2. The molecule has 11 nitrogen and oxygen atoms in total. The average molecular weight is 510 g/mol. The van der Waals surface area contributed by atoms with Crippen LogP contribution in [0.5, 0.6) is 0 Å². The molecule has 0 spiro atoms. The average Bonchev–Trinajstić information content (AvgIpc) is 3.50. The van der Waals surface area contributed by atoms with Gasteiger partial charge >= 0.3 is 0 Å². The molecule has 36 heavy (non-hydrogen) atoms. The predicted octanol–water partition coefficient (Wildman–Crippen LogP) is 2.15. The summed E-state index contributed by atoms with van der Waals surface area (Å²) < 4.78 is 26.0. The van der Waals surface area contributed by atoms with Gasteiger partial charge in [-0.25, -0.2) is 13.7 Å². The minimum absolute atomic E-state index is 0.329. The molecule has 4 heterocycles. The second-order valence-electron chi connectivity index (χ2n) is 9.07. The Hall–Kier alpha value is -3.16. The second-order valence-corrected chi connectivity index (χ2v) is 10.2. The van der Waals surface area contributed by atoms with Crippen LogP contribution in [0.25, 0.3) is 16.8 Å². The van der Waals surface area contributed by atoms with E-state index in [0.717, 1.165) is 67.3 Å². The minimum atomic E-state index is -2.04. The maximum absolute atomic E-state index is 11.5. The maximum atomic E-state index is 11.5. The van der Waals surface area contributed by atoms with Gasteiger partial charge in [0.2, 0.25) is 17.2 Å². The molecule has 5 rings (SSSR count). The lowest BCUT2D eigenvalue weighted by molar-refractivity contribution is 0.149. The fourth-order valence-corrected chi connectivity index (χ4v) is 4.61. The van der Waals surface area contributed by atoms with Gasteiger partial charge in [0.25, 0.3) is 0 Å². The lowest BCUT2D eigenvalue weighted by Crippen LogP contribution is -2.45. The van der Waals surface area contributed by atoms with Crippen LogP contribution in [0.15, 0.2) is 55.0 Å². The first kappa shape index (κ1) is 24.5. The number of benzene rings is 1. The fraction of sp³-hybridized carbons (Fsp3) is 0.375.